The highest BCUT2D eigenvalue weighted by Gasteiger charge is 2.23. The molecule has 112 valence electrons. The molecule has 1 unspecified atom stereocenters. The van der Waals surface area contributed by atoms with Gasteiger partial charge >= 0.3 is 5.97 Å². The van der Waals surface area contributed by atoms with E-state index in [9.17, 15) is 4.79 Å². The zero-order valence-corrected chi connectivity index (χ0v) is 12.8. The molecule has 2 N–H and O–H groups in total. The zero-order valence-electron chi connectivity index (χ0n) is 12.1. The maximum absolute atomic E-state index is 11.2. The Balaban J connectivity index is 3.03. The van der Waals surface area contributed by atoms with E-state index in [1.165, 1.54) is 0 Å². The number of nitrogens with one attached hydrogen (secondary N) is 1. The van der Waals surface area contributed by atoms with Crippen molar-refractivity contribution < 1.29 is 9.90 Å². The largest absolute Gasteiger partial charge is 0.480 e. The maximum atomic E-state index is 11.2. The lowest BCUT2D eigenvalue weighted by Crippen LogP contribution is -2.35. The number of carbonyl (C=O) groups is 1. The molecular formula is C12H20ClN5O2. The molecule has 1 aromatic rings. The Morgan fingerprint density at radius 3 is 2.35 bits per heavy atom. The Kier molecular flexibility index (Phi) is 5.94. The van der Waals surface area contributed by atoms with Crippen molar-refractivity contribution in [1.29, 1.82) is 0 Å². The van der Waals surface area contributed by atoms with Gasteiger partial charge in [0.1, 0.15) is 6.04 Å². The lowest BCUT2D eigenvalue weighted by molar-refractivity contribution is -0.138. The van der Waals surface area contributed by atoms with Crippen LogP contribution in [-0.4, -0.2) is 45.2 Å². The highest BCUT2D eigenvalue weighted by atomic mass is 35.5. The van der Waals surface area contributed by atoms with Gasteiger partial charge in [-0.15, -0.1) is 0 Å². The van der Waals surface area contributed by atoms with Crippen LogP contribution in [0.1, 0.15) is 27.7 Å². The number of aromatic nitrogens is 3. The zero-order chi connectivity index (χ0) is 15.3. The molecule has 1 aromatic heterocycles. The highest BCUT2D eigenvalue weighted by molar-refractivity contribution is 6.28. The third-order valence-electron chi connectivity index (χ3n) is 2.86. The molecule has 0 fully saturated rings. The van der Waals surface area contributed by atoms with Crippen LogP contribution in [0.2, 0.25) is 5.28 Å². The number of rotatable bonds is 7. The first-order valence-electron chi connectivity index (χ1n) is 6.54. The van der Waals surface area contributed by atoms with Crippen molar-refractivity contribution in [1.82, 2.24) is 15.0 Å². The van der Waals surface area contributed by atoms with Crippen molar-refractivity contribution in [3.05, 3.63) is 5.28 Å². The van der Waals surface area contributed by atoms with Crippen LogP contribution in [0, 0.1) is 5.92 Å². The fourth-order valence-corrected chi connectivity index (χ4v) is 1.86. The van der Waals surface area contributed by atoms with Gasteiger partial charge in [-0.05, 0) is 31.4 Å². The van der Waals surface area contributed by atoms with E-state index in [0.29, 0.717) is 5.95 Å². The summed E-state index contributed by atoms with van der Waals surface area (Å²) in [5.41, 5.74) is 0. The van der Waals surface area contributed by atoms with E-state index in [4.69, 9.17) is 16.7 Å². The smallest absolute Gasteiger partial charge is 0.326 e. The van der Waals surface area contributed by atoms with E-state index in [-0.39, 0.29) is 17.1 Å². The second-order valence-corrected chi connectivity index (χ2v) is 4.94. The number of carboxylic acids is 1. The number of hydrogen-bond donors (Lipinski definition) is 2. The van der Waals surface area contributed by atoms with Gasteiger partial charge in [0.25, 0.3) is 0 Å². The second-order valence-electron chi connectivity index (χ2n) is 4.60. The molecule has 1 heterocycles. The topological polar surface area (TPSA) is 91.2 Å². The maximum Gasteiger partial charge on any atom is 0.326 e. The summed E-state index contributed by atoms with van der Waals surface area (Å²) in [5.74, 6) is -0.459. The molecule has 0 amide bonds. The van der Waals surface area contributed by atoms with E-state index < -0.39 is 12.0 Å². The molecule has 8 heteroatoms. The summed E-state index contributed by atoms with van der Waals surface area (Å²) < 4.78 is 0. The fraction of sp³-hybridized carbons (Fsp3) is 0.667. The molecule has 1 rings (SSSR count). The molecule has 0 spiro atoms. The van der Waals surface area contributed by atoms with Gasteiger partial charge < -0.3 is 15.3 Å². The van der Waals surface area contributed by atoms with Crippen LogP contribution < -0.4 is 10.2 Å². The average Bonchev–Trinajstić information content (AvgIpc) is 2.36. The van der Waals surface area contributed by atoms with Crippen LogP contribution in [0.5, 0.6) is 0 Å². The number of anilines is 2. The molecule has 1 atom stereocenters. The van der Waals surface area contributed by atoms with Crippen LogP contribution in [0.25, 0.3) is 0 Å². The second kappa shape index (κ2) is 7.23. The number of hydrogen-bond acceptors (Lipinski definition) is 6. The van der Waals surface area contributed by atoms with E-state index in [1.54, 1.807) is 13.8 Å². The van der Waals surface area contributed by atoms with Gasteiger partial charge in [-0.25, -0.2) is 4.79 Å². The minimum Gasteiger partial charge on any atom is -0.480 e. The van der Waals surface area contributed by atoms with E-state index in [0.717, 1.165) is 13.1 Å². The first kappa shape index (κ1) is 16.4. The summed E-state index contributed by atoms with van der Waals surface area (Å²) in [7, 11) is 0. The van der Waals surface area contributed by atoms with E-state index >= 15 is 0 Å². The Morgan fingerprint density at radius 2 is 1.90 bits per heavy atom. The number of carboxylic acid groups (broad SMARTS) is 1. The first-order valence-corrected chi connectivity index (χ1v) is 6.92. The molecule has 7 nitrogen and oxygen atoms in total. The van der Waals surface area contributed by atoms with Crippen molar-refractivity contribution in [2.24, 2.45) is 5.92 Å². The average molecular weight is 302 g/mol. The number of halogens is 1. The Hall–Kier alpha value is -1.63. The molecule has 0 saturated carbocycles. The van der Waals surface area contributed by atoms with Crippen LogP contribution in [0.15, 0.2) is 0 Å². The SMILES string of the molecule is CCN(CC)c1nc(Cl)nc(NC(C(=O)O)C(C)C)n1. The lowest BCUT2D eigenvalue weighted by atomic mass is 10.1. The fourth-order valence-electron chi connectivity index (χ4n) is 1.70. The third-order valence-corrected chi connectivity index (χ3v) is 3.03. The van der Waals surface area contributed by atoms with Crippen molar-refractivity contribution in [2.75, 3.05) is 23.3 Å². The summed E-state index contributed by atoms with van der Waals surface area (Å²) in [4.78, 5) is 25.3. The predicted molar refractivity (Wildman–Crippen MR) is 78.3 cm³/mol. The summed E-state index contributed by atoms with van der Waals surface area (Å²) in [5, 5.41) is 12.0. The lowest BCUT2D eigenvalue weighted by Gasteiger charge is -2.21. The summed E-state index contributed by atoms with van der Waals surface area (Å²) in [6, 6.07) is -0.780. The van der Waals surface area contributed by atoms with Gasteiger partial charge in [-0.2, -0.15) is 15.0 Å². The van der Waals surface area contributed by atoms with Gasteiger partial charge in [-0.3, -0.25) is 0 Å². The third kappa shape index (κ3) is 4.19. The minimum atomic E-state index is -0.957. The predicted octanol–water partition coefficient (Wildman–Crippen LogP) is 1.89. The highest BCUT2D eigenvalue weighted by Crippen LogP contribution is 2.16. The van der Waals surface area contributed by atoms with Crippen molar-refractivity contribution >= 4 is 29.5 Å². The first-order chi connectivity index (χ1) is 9.38. The standard InChI is InChI=1S/C12H20ClN5O2/c1-5-18(6-2)12-16-10(13)15-11(17-12)14-8(7(3)4)9(19)20/h7-8H,5-6H2,1-4H3,(H,19,20)(H,14,15,16,17). The van der Waals surface area contributed by atoms with Crippen LogP contribution >= 0.6 is 11.6 Å². The molecule has 0 aliphatic rings. The number of aliphatic carboxylic acids is 1. The van der Waals surface area contributed by atoms with Gasteiger partial charge in [0.15, 0.2) is 0 Å². The van der Waals surface area contributed by atoms with E-state index in [1.807, 2.05) is 18.7 Å². The molecule has 0 bridgehead atoms. The van der Waals surface area contributed by atoms with Gasteiger partial charge in [0, 0.05) is 13.1 Å². The van der Waals surface area contributed by atoms with Crippen LogP contribution in [0.3, 0.4) is 0 Å². The van der Waals surface area contributed by atoms with Crippen molar-refractivity contribution in [3.8, 4) is 0 Å². The number of nitrogens with zero attached hydrogens (tertiary/aromatic N) is 4. The molecule has 0 aliphatic carbocycles. The monoisotopic (exact) mass is 301 g/mol. The van der Waals surface area contributed by atoms with Crippen LogP contribution in [-0.2, 0) is 4.79 Å². The molecule has 0 aliphatic heterocycles. The van der Waals surface area contributed by atoms with Gasteiger partial charge in [-0.1, -0.05) is 13.8 Å². The van der Waals surface area contributed by atoms with Crippen molar-refractivity contribution in [3.63, 3.8) is 0 Å². The van der Waals surface area contributed by atoms with Crippen LogP contribution in [0.4, 0.5) is 11.9 Å². The summed E-state index contributed by atoms with van der Waals surface area (Å²) >= 11 is 5.87. The summed E-state index contributed by atoms with van der Waals surface area (Å²) in [6.45, 7) is 9.01. The Morgan fingerprint density at radius 1 is 1.30 bits per heavy atom. The minimum absolute atomic E-state index is 0.0392. The molecule has 20 heavy (non-hydrogen) atoms. The molecule has 0 saturated heterocycles. The summed E-state index contributed by atoms with van der Waals surface area (Å²) in [6.07, 6.45) is 0. The Bertz CT molecular complexity index is 465. The quantitative estimate of drug-likeness (QED) is 0.794. The molecule has 0 aromatic carbocycles. The van der Waals surface area contributed by atoms with Gasteiger partial charge in [0.2, 0.25) is 17.2 Å². The molecular weight excluding hydrogens is 282 g/mol. The van der Waals surface area contributed by atoms with Gasteiger partial charge in [0.05, 0.1) is 0 Å². The molecule has 0 radical (unpaired) electrons. The Labute approximate surface area is 123 Å². The van der Waals surface area contributed by atoms with Crippen molar-refractivity contribution in [2.45, 2.75) is 33.7 Å². The normalized spacial score (nSPS) is 12.3. The van der Waals surface area contributed by atoms with E-state index in [2.05, 4.69) is 20.3 Å².